The fourth-order valence-corrected chi connectivity index (χ4v) is 3.61. The highest BCUT2D eigenvalue weighted by Crippen LogP contribution is 2.25. The van der Waals surface area contributed by atoms with Crippen LogP contribution in [0.15, 0.2) is 66.7 Å². The van der Waals surface area contributed by atoms with Gasteiger partial charge in [0.1, 0.15) is 0 Å². The summed E-state index contributed by atoms with van der Waals surface area (Å²) in [4.78, 5) is 17.9. The first-order chi connectivity index (χ1) is 13.5. The zero-order valence-corrected chi connectivity index (χ0v) is 16.2. The second-order valence-electron chi connectivity index (χ2n) is 6.95. The molecule has 0 aliphatic rings. The number of amides is 1. The molecular weight excluding hydrogens is 348 g/mol. The van der Waals surface area contributed by atoms with Crippen LogP contribution in [-0.2, 0) is 7.05 Å². The van der Waals surface area contributed by atoms with Gasteiger partial charge in [0.25, 0.3) is 5.91 Å². The predicted octanol–water partition coefficient (Wildman–Crippen LogP) is 4.10. The minimum absolute atomic E-state index is 0.135. The normalized spacial score (nSPS) is 11.1. The maximum Gasteiger partial charge on any atom is 0.252 e. The molecule has 0 spiro atoms. The molecule has 140 valence electrons. The maximum absolute atomic E-state index is 13.4. The lowest BCUT2D eigenvalue weighted by atomic mass is 9.98. The van der Waals surface area contributed by atoms with Gasteiger partial charge in [0.2, 0.25) is 0 Å². The van der Waals surface area contributed by atoms with Gasteiger partial charge in [-0.25, -0.2) is 4.98 Å². The number of pyridine rings is 1. The van der Waals surface area contributed by atoms with Gasteiger partial charge in [0.15, 0.2) is 5.65 Å². The van der Waals surface area contributed by atoms with E-state index in [1.54, 1.807) is 4.68 Å². The minimum Gasteiger partial charge on any atom is -0.341 e. The van der Waals surface area contributed by atoms with Gasteiger partial charge < -0.3 is 5.32 Å². The fourth-order valence-electron chi connectivity index (χ4n) is 3.61. The second kappa shape index (κ2) is 7.27. The van der Waals surface area contributed by atoms with Gasteiger partial charge in [0, 0.05) is 12.7 Å². The van der Waals surface area contributed by atoms with Crippen molar-refractivity contribution >= 4 is 16.9 Å². The van der Waals surface area contributed by atoms with Crippen LogP contribution in [0, 0.1) is 13.8 Å². The molecule has 2 heterocycles. The lowest BCUT2D eigenvalue weighted by Crippen LogP contribution is -2.29. The van der Waals surface area contributed by atoms with E-state index in [0.29, 0.717) is 5.56 Å². The molecule has 2 aromatic heterocycles. The van der Waals surface area contributed by atoms with Crippen molar-refractivity contribution < 1.29 is 4.79 Å². The van der Waals surface area contributed by atoms with Gasteiger partial charge in [0.05, 0.1) is 22.7 Å². The van der Waals surface area contributed by atoms with Crippen molar-refractivity contribution in [3.05, 3.63) is 94.8 Å². The second-order valence-corrected chi connectivity index (χ2v) is 6.95. The van der Waals surface area contributed by atoms with Crippen LogP contribution in [0.1, 0.15) is 38.9 Å². The number of hydrogen-bond donors (Lipinski definition) is 1. The Balaban J connectivity index is 1.78. The van der Waals surface area contributed by atoms with Crippen LogP contribution < -0.4 is 5.32 Å². The number of fused-ring (bicyclic) bond motifs is 1. The maximum atomic E-state index is 13.4. The molecule has 0 aliphatic heterocycles. The molecule has 0 bridgehead atoms. The number of carbonyl (C=O) groups excluding carboxylic acids is 1. The third kappa shape index (κ3) is 3.27. The lowest BCUT2D eigenvalue weighted by molar-refractivity contribution is 0.0944. The third-order valence-corrected chi connectivity index (χ3v) is 4.88. The molecule has 28 heavy (non-hydrogen) atoms. The monoisotopic (exact) mass is 370 g/mol. The van der Waals surface area contributed by atoms with E-state index < -0.39 is 0 Å². The van der Waals surface area contributed by atoms with Gasteiger partial charge in [-0.15, -0.1) is 0 Å². The van der Waals surface area contributed by atoms with Crippen molar-refractivity contribution in [1.29, 1.82) is 0 Å². The van der Waals surface area contributed by atoms with Gasteiger partial charge >= 0.3 is 0 Å². The first-order valence-corrected chi connectivity index (χ1v) is 9.26. The van der Waals surface area contributed by atoms with Crippen LogP contribution in [0.4, 0.5) is 0 Å². The van der Waals surface area contributed by atoms with Crippen LogP contribution in [0.2, 0.25) is 0 Å². The molecule has 0 saturated carbocycles. The van der Waals surface area contributed by atoms with Crippen molar-refractivity contribution in [3.63, 3.8) is 0 Å². The van der Waals surface area contributed by atoms with Crippen molar-refractivity contribution in [2.24, 2.45) is 7.05 Å². The molecule has 0 saturated heterocycles. The van der Waals surface area contributed by atoms with Crippen molar-refractivity contribution in [2.75, 3.05) is 0 Å². The van der Waals surface area contributed by atoms with Crippen LogP contribution in [0.5, 0.6) is 0 Å². The molecule has 1 N–H and O–H groups in total. The Kier molecular flexibility index (Phi) is 4.65. The fraction of sp³-hybridized carbons (Fsp3) is 0.174. The molecular formula is C23H22N4O. The summed E-state index contributed by atoms with van der Waals surface area (Å²) >= 11 is 0. The Morgan fingerprint density at radius 1 is 0.964 bits per heavy atom. The number of aromatic nitrogens is 3. The highest BCUT2D eigenvalue weighted by atomic mass is 16.1. The molecule has 0 unspecified atom stereocenters. The molecule has 0 fully saturated rings. The van der Waals surface area contributed by atoms with Crippen LogP contribution in [-0.4, -0.2) is 20.7 Å². The summed E-state index contributed by atoms with van der Waals surface area (Å²) in [5, 5.41) is 8.46. The molecule has 4 aromatic rings. The minimum atomic E-state index is -0.240. The Morgan fingerprint density at radius 2 is 1.54 bits per heavy atom. The summed E-state index contributed by atoms with van der Waals surface area (Å²) < 4.78 is 1.72. The zero-order chi connectivity index (χ0) is 19.7. The van der Waals surface area contributed by atoms with Gasteiger partial charge in [-0.3, -0.25) is 9.48 Å². The number of nitrogens with one attached hydrogen (secondary N) is 1. The van der Waals surface area contributed by atoms with Gasteiger partial charge in [-0.05, 0) is 31.0 Å². The van der Waals surface area contributed by atoms with Crippen molar-refractivity contribution in [2.45, 2.75) is 19.9 Å². The molecule has 0 aliphatic carbocycles. The topological polar surface area (TPSA) is 59.8 Å². The summed E-state index contributed by atoms with van der Waals surface area (Å²) in [6.07, 6.45) is 0. The van der Waals surface area contributed by atoms with Crippen molar-refractivity contribution in [3.8, 4) is 0 Å². The number of carbonyl (C=O) groups is 1. The number of nitrogens with zero attached hydrogens (tertiary/aromatic N) is 3. The van der Waals surface area contributed by atoms with E-state index in [2.05, 4.69) is 15.4 Å². The van der Waals surface area contributed by atoms with E-state index in [0.717, 1.165) is 33.5 Å². The summed E-state index contributed by atoms with van der Waals surface area (Å²) in [5.74, 6) is -0.135. The number of rotatable bonds is 4. The first kappa shape index (κ1) is 17.9. The van der Waals surface area contributed by atoms with E-state index >= 15 is 0 Å². The van der Waals surface area contributed by atoms with E-state index in [1.807, 2.05) is 87.6 Å². The van der Waals surface area contributed by atoms with E-state index in [1.165, 1.54) is 0 Å². The summed E-state index contributed by atoms with van der Waals surface area (Å²) in [6, 6.07) is 21.6. The van der Waals surface area contributed by atoms with E-state index in [9.17, 15) is 4.79 Å². The molecule has 1 amide bonds. The third-order valence-electron chi connectivity index (χ3n) is 4.88. The average Bonchev–Trinajstić information content (AvgIpc) is 3.00. The molecule has 5 heteroatoms. The molecule has 4 rings (SSSR count). The highest BCUT2D eigenvalue weighted by molar-refractivity contribution is 6.06. The van der Waals surface area contributed by atoms with Crippen LogP contribution >= 0.6 is 0 Å². The van der Waals surface area contributed by atoms with Crippen LogP contribution in [0.3, 0.4) is 0 Å². The zero-order valence-electron chi connectivity index (χ0n) is 16.2. The summed E-state index contributed by atoms with van der Waals surface area (Å²) in [6.45, 7) is 3.80. The highest BCUT2D eigenvalue weighted by Gasteiger charge is 2.22. The first-order valence-electron chi connectivity index (χ1n) is 9.26. The predicted molar refractivity (Wildman–Crippen MR) is 110 cm³/mol. The summed E-state index contributed by atoms with van der Waals surface area (Å²) in [7, 11) is 1.85. The average molecular weight is 370 g/mol. The van der Waals surface area contributed by atoms with E-state index in [-0.39, 0.29) is 11.9 Å². The molecule has 5 nitrogen and oxygen atoms in total. The Labute approximate surface area is 164 Å². The number of aryl methyl sites for hydroxylation is 3. The van der Waals surface area contributed by atoms with E-state index in [4.69, 9.17) is 0 Å². The number of hydrogen-bond acceptors (Lipinski definition) is 3. The summed E-state index contributed by atoms with van der Waals surface area (Å²) in [5.41, 5.74) is 4.98. The standard InChI is InChI=1S/C23H22N4O/c1-15-14-19(20-16(2)26-27(3)22(20)24-15)23(28)25-21(17-10-6-4-7-11-17)18-12-8-5-9-13-18/h4-14,21H,1-3H3,(H,25,28). The van der Waals surface area contributed by atoms with Crippen molar-refractivity contribution in [1.82, 2.24) is 20.1 Å². The Morgan fingerprint density at radius 3 is 2.11 bits per heavy atom. The van der Waals surface area contributed by atoms with Gasteiger partial charge in [-0.2, -0.15) is 5.10 Å². The lowest BCUT2D eigenvalue weighted by Gasteiger charge is -2.20. The number of benzene rings is 2. The molecule has 0 atom stereocenters. The SMILES string of the molecule is Cc1cc(C(=O)NC(c2ccccc2)c2ccccc2)c2c(C)nn(C)c2n1. The molecule has 0 radical (unpaired) electrons. The quantitative estimate of drug-likeness (QED) is 0.588. The van der Waals surface area contributed by atoms with Crippen LogP contribution in [0.25, 0.3) is 11.0 Å². The van der Waals surface area contributed by atoms with Gasteiger partial charge in [-0.1, -0.05) is 60.7 Å². The smallest absolute Gasteiger partial charge is 0.252 e. The molecule has 2 aromatic carbocycles. The Bertz CT molecular complexity index is 1090. The largest absolute Gasteiger partial charge is 0.341 e. The Hall–Kier alpha value is -3.47.